The minimum absolute atomic E-state index is 0.0843. The van der Waals surface area contributed by atoms with Crippen molar-refractivity contribution < 1.29 is 14.3 Å². The quantitative estimate of drug-likeness (QED) is 0.710. The number of benzene rings is 1. The Balaban J connectivity index is 2.77. The second kappa shape index (κ2) is 2.92. The van der Waals surface area contributed by atoms with E-state index >= 15 is 0 Å². The van der Waals surface area contributed by atoms with E-state index in [1.807, 2.05) is 0 Å². The number of fused-ring (bicyclic) bond motifs is 1. The number of carboxylic acids is 1. The molecular formula is C9H6ClNO3. The lowest BCUT2D eigenvalue weighted by Crippen LogP contribution is -1.97. The molecule has 2 rings (SSSR count). The first-order chi connectivity index (χ1) is 6.58. The van der Waals surface area contributed by atoms with Crippen LogP contribution in [-0.4, -0.2) is 11.1 Å². The summed E-state index contributed by atoms with van der Waals surface area (Å²) in [4.78, 5) is 10.7. The zero-order valence-corrected chi connectivity index (χ0v) is 7.71. The van der Waals surface area contributed by atoms with E-state index in [1.165, 1.54) is 12.1 Å². The van der Waals surface area contributed by atoms with Gasteiger partial charge in [0.25, 0.3) is 0 Å². The molecule has 14 heavy (non-hydrogen) atoms. The molecular weight excluding hydrogens is 206 g/mol. The maximum atomic E-state index is 10.7. The Hall–Kier alpha value is -1.68. The van der Waals surface area contributed by atoms with E-state index in [9.17, 15) is 4.79 Å². The summed E-state index contributed by atoms with van der Waals surface area (Å²) in [6.45, 7) is 0. The van der Waals surface area contributed by atoms with Gasteiger partial charge in [0, 0.05) is 17.1 Å². The van der Waals surface area contributed by atoms with Crippen LogP contribution in [0.5, 0.6) is 0 Å². The highest BCUT2D eigenvalue weighted by Crippen LogP contribution is 2.28. The number of carbonyl (C=O) groups is 1. The van der Waals surface area contributed by atoms with Gasteiger partial charge in [-0.15, -0.1) is 0 Å². The van der Waals surface area contributed by atoms with Crippen molar-refractivity contribution in [1.82, 2.24) is 0 Å². The van der Waals surface area contributed by atoms with Crippen molar-refractivity contribution in [2.45, 2.75) is 0 Å². The van der Waals surface area contributed by atoms with Crippen LogP contribution in [0, 0.1) is 0 Å². The van der Waals surface area contributed by atoms with E-state index < -0.39 is 5.97 Å². The van der Waals surface area contributed by atoms with Crippen LogP contribution >= 0.6 is 11.6 Å². The summed E-state index contributed by atoms with van der Waals surface area (Å²) in [5.41, 5.74) is 6.44. The van der Waals surface area contributed by atoms with E-state index in [4.69, 9.17) is 26.9 Å². The molecule has 0 aliphatic rings. The molecule has 0 saturated carbocycles. The average molecular weight is 212 g/mol. The number of carboxylic acid groups (broad SMARTS) is 1. The largest absolute Gasteiger partial charge is 0.478 e. The molecule has 0 aliphatic carbocycles. The molecule has 1 aromatic heterocycles. The number of furan rings is 1. The summed E-state index contributed by atoms with van der Waals surface area (Å²) >= 11 is 5.62. The Morgan fingerprint density at radius 2 is 2.14 bits per heavy atom. The number of hydrogen-bond acceptors (Lipinski definition) is 3. The first-order valence-corrected chi connectivity index (χ1v) is 4.17. The van der Waals surface area contributed by atoms with Crippen molar-refractivity contribution in [1.29, 1.82) is 0 Å². The molecule has 3 N–H and O–H groups in total. The van der Waals surface area contributed by atoms with Gasteiger partial charge in [-0.3, -0.25) is 0 Å². The molecule has 1 aromatic carbocycles. The monoisotopic (exact) mass is 211 g/mol. The van der Waals surface area contributed by atoms with Gasteiger partial charge >= 0.3 is 5.97 Å². The van der Waals surface area contributed by atoms with Gasteiger partial charge in [-0.1, -0.05) is 0 Å². The van der Waals surface area contributed by atoms with Gasteiger partial charge in [-0.25, -0.2) is 4.79 Å². The normalized spacial score (nSPS) is 10.6. The molecule has 2 aromatic rings. The van der Waals surface area contributed by atoms with E-state index in [2.05, 4.69) is 0 Å². The molecule has 0 saturated heterocycles. The van der Waals surface area contributed by atoms with Crippen LogP contribution in [0.3, 0.4) is 0 Å². The van der Waals surface area contributed by atoms with Gasteiger partial charge in [-0.05, 0) is 23.7 Å². The first-order valence-electron chi connectivity index (χ1n) is 3.80. The Bertz CT molecular complexity index is 518. The second-order valence-electron chi connectivity index (χ2n) is 2.83. The molecule has 0 aliphatic heterocycles. The maximum absolute atomic E-state index is 10.7. The van der Waals surface area contributed by atoms with Gasteiger partial charge in [0.1, 0.15) is 5.58 Å². The third-order valence-electron chi connectivity index (χ3n) is 1.89. The highest BCUT2D eigenvalue weighted by atomic mass is 35.5. The average Bonchev–Trinajstić information content (AvgIpc) is 2.45. The smallest absolute Gasteiger partial charge is 0.335 e. The van der Waals surface area contributed by atoms with Crippen LogP contribution in [0.4, 0.5) is 5.69 Å². The number of anilines is 1. The van der Waals surface area contributed by atoms with Crippen LogP contribution in [0.2, 0.25) is 5.22 Å². The predicted molar refractivity (Wildman–Crippen MR) is 52.6 cm³/mol. The molecule has 0 spiro atoms. The Kier molecular flexibility index (Phi) is 1.86. The van der Waals surface area contributed by atoms with Crippen LogP contribution < -0.4 is 5.73 Å². The molecule has 72 valence electrons. The minimum atomic E-state index is -1.05. The lowest BCUT2D eigenvalue weighted by atomic mass is 10.1. The third-order valence-corrected chi connectivity index (χ3v) is 2.07. The molecule has 0 radical (unpaired) electrons. The zero-order valence-electron chi connectivity index (χ0n) is 6.95. The van der Waals surface area contributed by atoms with E-state index in [0.717, 1.165) is 0 Å². The van der Waals surface area contributed by atoms with Crippen molar-refractivity contribution >= 4 is 34.2 Å². The molecule has 1 heterocycles. The Morgan fingerprint density at radius 1 is 1.43 bits per heavy atom. The Labute approximate surface area is 83.9 Å². The fourth-order valence-corrected chi connectivity index (χ4v) is 1.45. The number of hydrogen-bond donors (Lipinski definition) is 2. The SMILES string of the molecule is Nc1cc(C(=O)O)cc2oc(Cl)cc12. The van der Waals surface area contributed by atoms with Crippen LogP contribution in [0.15, 0.2) is 22.6 Å². The number of aromatic carboxylic acids is 1. The summed E-state index contributed by atoms with van der Waals surface area (Å²) in [5.74, 6) is -1.05. The van der Waals surface area contributed by atoms with Crippen LogP contribution in [0.25, 0.3) is 11.0 Å². The molecule has 4 nitrogen and oxygen atoms in total. The number of halogens is 1. The van der Waals surface area contributed by atoms with E-state index in [1.54, 1.807) is 6.07 Å². The van der Waals surface area contributed by atoms with Crippen molar-refractivity contribution in [3.8, 4) is 0 Å². The standard InChI is InChI=1S/C9H6ClNO3/c10-8-3-5-6(11)1-4(9(12)13)2-7(5)14-8/h1-3H,11H2,(H,12,13). The third kappa shape index (κ3) is 1.29. The van der Waals surface area contributed by atoms with Crippen LogP contribution in [-0.2, 0) is 0 Å². The Morgan fingerprint density at radius 3 is 2.79 bits per heavy atom. The summed E-state index contributed by atoms with van der Waals surface area (Å²) < 4.78 is 5.06. The number of rotatable bonds is 1. The first kappa shape index (κ1) is 8.90. The lowest BCUT2D eigenvalue weighted by molar-refractivity contribution is 0.0697. The van der Waals surface area contributed by atoms with Crippen molar-refractivity contribution in [2.24, 2.45) is 0 Å². The fourth-order valence-electron chi connectivity index (χ4n) is 1.26. The van der Waals surface area contributed by atoms with Crippen molar-refractivity contribution in [3.63, 3.8) is 0 Å². The van der Waals surface area contributed by atoms with Gasteiger partial charge in [0.15, 0.2) is 5.22 Å². The predicted octanol–water partition coefficient (Wildman–Crippen LogP) is 2.37. The van der Waals surface area contributed by atoms with Crippen molar-refractivity contribution in [3.05, 3.63) is 29.0 Å². The highest BCUT2D eigenvalue weighted by Gasteiger charge is 2.10. The molecule has 0 fully saturated rings. The topological polar surface area (TPSA) is 76.5 Å². The molecule has 0 amide bonds. The molecule has 0 bridgehead atoms. The summed E-state index contributed by atoms with van der Waals surface area (Å²) in [7, 11) is 0. The highest BCUT2D eigenvalue weighted by molar-refractivity contribution is 6.30. The zero-order chi connectivity index (χ0) is 10.3. The fraction of sp³-hybridized carbons (Fsp3) is 0. The lowest BCUT2D eigenvalue weighted by Gasteiger charge is -1.97. The van der Waals surface area contributed by atoms with Gasteiger partial charge < -0.3 is 15.3 Å². The summed E-state index contributed by atoms with van der Waals surface area (Å²) in [5, 5.41) is 9.56. The number of nitrogen functional groups attached to an aromatic ring is 1. The van der Waals surface area contributed by atoms with Crippen LogP contribution in [0.1, 0.15) is 10.4 Å². The van der Waals surface area contributed by atoms with Gasteiger partial charge in [0.05, 0.1) is 5.56 Å². The summed E-state index contributed by atoms with van der Waals surface area (Å²) in [6, 6.07) is 4.31. The van der Waals surface area contributed by atoms with E-state index in [-0.39, 0.29) is 10.8 Å². The van der Waals surface area contributed by atoms with Gasteiger partial charge in [0.2, 0.25) is 0 Å². The molecule has 5 heteroatoms. The minimum Gasteiger partial charge on any atom is -0.478 e. The van der Waals surface area contributed by atoms with Gasteiger partial charge in [-0.2, -0.15) is 0 Å². The maximum Gasteiger partial charge on any atom is 0.335 e. The summed E-state index contributed by atoms with van der Waals surface area (Å²) in [6.07, 6.45) is 0. The molecule has 0 unspecified atom stereocenters. The van der Waals surface area contributed by atoms with Crippen molar-refractivity contribution in [2.75, 3.05) is 5.73 Å². The van der Waals surface area contributed by atoms with E-state index in [0.29, 0.717) is 16.7 Å². The molecule has 0 atom stereocenters. The number of nitrogens with two attached hydrogens (primary N) is 1. The second-order valence-corrected chi connectivity index (χ2v) is 3.21.